The van der Waals surface area contributed by atoms with Crippen LogP contribution in [0.5, 0.6) is 0 Å². The third kappa shape index (κ3) is 13.5. The Hall–Kier alpha value is 0.163. The Kier molecular flexibility index (Phi) is 22.6. The standard InChI is InChI=1S/2C9H13.2ClH.Zr/c2*1-2-3-6-9-7-4-5-8-9;;;/h2*4-5,7-8H,2-3,6H2,1H3;2*1H;/q-5;-1;;;. The van der Waals surface area contributed by atoms with Gasteiger partial charge in [-0.05, 0) is 0 Å². The van der Waals surface area contributed by atoms with Crippen LogP contribution in [0.2, 0.25) is 0 Å². The van der Waals surface area contributed by atoms with Gasteiger partial charge in [0.05, 0.1) is 0 Å². The molecule has 0 saturated carbocycles. The predicted molar refractivity (Wildman–Crippen MR) is 95.8 cm³/mol. The number of aryl methyl sites for hydroxylation is 2. The van der Waals surface area contributed by atoms with E-state index in [-0.39, 0.29) is 51.0 Å². The van der Waals surface area contributed by atoms with Gasteiger partial charge in [0.1, 0.15) is 0 Å². The Morgan fingerprint density at radius 3 is 1.76 bits per heavy atom. The normalized spacial score (nSPS) is 8.48. The van der Waals surface area contributed by atoms with Gasteiger partial charge in [-0.2, -0.15) is 17.7 Å². The molecule has 0 atom stereocenters. The van der Waals surface area contributed by atoms with E-state index in [0.717, 1.165) is 0 Å². The maximum absolute atomic E-state index is 2.23. The molecule has 0 spiro atoms. The van der Waals surface area contributed by atoms with Crippen LogP contribution in [0.4, 0.5) is 0 Å². The monoisotopic (exact) mass is 404 g/mol. The molecule has 0 heterocycles. The number of rotatable bonds is 6. The summed E-state index contributed by atoms with van der Waals surface area (Å²) in [6.45, 7) is 4.45. The molecule has 0 radical (unpaired) electrons. The summed E-state index contributed by atoms with van der Waals surface area (Å²) in [7, 11) is 0. The summed E-state index contributed by atoms with van der Waals surface area (Å²) in [5.41, 5.74) is 2.97. The van der Waals surface area contributed by atoms with Crippen LogP contribution in [-0.4, -0.2) is 0 Å². The van der Waals surface area contributed by atoms with Gasteiger partial charge in [0, 0.05) is 26.2 Å². The SMILES string of the molecule is CCCC[c-]1[cH-][cH-][cH-][cH-]1.CCCC[c-]1cccc1.Cl.Cl.[Zr]. The summed E-state index contributed by atoms with van der Waals surface area (Å²) in [6, 6.07) is 17.2. The third-order valence-corrected chi connectivity index (χ3v) is 3.10. The predicted octanol–water partition coefficient (Wildman–Crippen LogP) is 6.34. The third-order valence-electron chi connectivity index (χ3n) is 3.10. The van der Waals surface area contributed by atoms with E-state index in [1.165, 1.54) is 49.7 Å². The fourth-order valence-corrected chi connectivity index (χ4v) is 1.92. The van der Waals surface area contributed by atoms with Crippen LogP contribution in [0.15, 0.2) is 48.5 Å². The molecule has 0 fully saturated rings. The van der Waals surface area contributed by atoms with E-state index in [4.69, 9.17) is 0 Å². The van der Waals surface area contributed by atoms with E-state index in [0.29, 0.717) is 0 Å². The molecule has 3 heteroatoms. The van der Waals surface area contributed by atoms with Crippen molar-refractivity contribution in [2.24, 2.45) is 0 Å². The van der Waals surface area contributed by atoms with E-state index in [9.17, 15) is 0 Å². The van der Waals surface area contributed by atoms with Gasteiger partial charge >= 0.3 is 0 Å². The Bertz CT molecular complexity index is 328. The second-order valence-electron chi connectivity index (χ2n) is 4.79. The van der Waals surface area contributed by atoms with Crippen molar-refractivity contribution in [3.05, 3.63) is 59.7 Å². The zero-order chi connectivity index (χ0) is 13.1. The van der Waals surface area contributed by atoms with E-state index in [1.807, 2.05) is 0 Å². The van der Waals surface area contributed by atoms with Crippen molar-refractivity contribution in [3.63, 3.8) is 0 Å². The Morgan fingerprint density at radius 2 is 1.29 bits per heavy atom. The van der Waals surface area contributed by atoms with Crippen molar-refractivity contribution < 1.29 is 26.2 Å². The fourth-order valence-electron chi connectivity index (χ4n) is 1.92. The van der Waals surface area contributed by atoms with Gasteiger partial charge in [-0.15, -0.1) is 24.8 Å². The zero-order valence-corrected chi connectivity index (χ0v) is 17.3. The molecule has 0 aromatic heterocycles. The molecular formula is C18H28Cl2Zr-6. The molecule has 0 unspecified atom stereocenters. The van der Waals surface area contributed by atoms with Crippen LogP contribution in [0, 0.1) is 0 Å². The van der Waals surface area contributed by atoms with Crippen molar-refractivity contribution in [3.8, 4) is 0 Å². The molecule has 0 amide bonds. The largest absolute Gasteiger partial charge is 0.748 e. The molecule has 0 nitrogen and oxygen atoms in total. The number of unbranched alkanes of at least 4 members (excludes halogenated alkanes) is 2. The summed E-state index contributed by atoms with van der Waals surface area (Å²) in [4.78, 5) is 0. The maximum atomic E-state index is 2.23. The summed E-state index contributed by atoms with van der Waals surface area (Å²) >= 11 is 0. The number of hydrogen-bond acceptors (Lipinski definition) is 0. The molecule has 0 bridgehead atoms. The van der Waals surface area contributed by atoms with Gasteiger partial charge in [-0.25, -0.2) is 18.6 Å². The van der Waals surface area contributed by atoms with Gasteiger partial charge < -0.3 is 29.8 Å². The van der Waals surface area contributed by atoms with Crippen LogP contribution in [0.3, 0.4) is 0 Å². The van der Waals surface area contributed by atoms with E-state index < -0.39 is 0 Å². The van der Waals surface area contributed by atoms with Crippen molar-refractivity contribution in [1.29, 1.82) is 0 Å². The van der Waals surface area contributed by atoms with E-state index >= 15 is 0 Å². The topological polar surface area (TPSA) is 0 Å². The first-order chi connectivity index (χ1) is 8.86. The second-order valence-corrected chi connectivity index (χ2v) is 4.79. The van der Waals surface area contributed by atoms with Crippen LogP contribution >= 0.6 is 24.8 Å². The van der Waals surface area contributed by atoms with Crippen LogP contribution in [0.25, 0.3) is 0 Å². The summed E-state index contributed by atoms with van der Waals surface area (Å²) in [5, 5.41) is 0. The molecular weight excluding hydrogens is 378 g/mol. The first-order valence-electron chi connectivity index (χ1n) is 7.28. The van der Waals surface area contributed by atoms with E-state index in [1.54, 1.807) is 0 Å². The Labute approximate surface area is 162 Å². The molecule has 0 aliphatic rings. The molecule has 0 aliphatic carbocycles. The molecule has 2 aromatic carbocycles. The average molecular weight is 407 g/mol. The fraction of sp³-hybridized carbons (Fsp3) is 0.444. The molecule has 2 aromatic rings. The van der Waals surface area contributed by atoms with Gasteiger partial charge in [0.2, 0.25) is 0 Å². The van der Waals surface area contributed by atoms with Crippen LogP contribution < -0.4 is 0 Å². The minimum Gasteiger partial charge on any atom is -0.748 e. The van der Waals surface area contributed by atoms with Crippen molar-refractivity contribution in [1.82, 2.24) is 0 Å². The molecule has 2 rings (SSSR count). The van der Waals surface area contributed by atoms with Crippen LogP contribution in [-0.2, 0) is 39.0 Å². The minimum absolute atomic E-state index is 0. The smallest absolute Gasteiger partial charge is 0 e. The van der Waals surface area contributed by atoms with Crippen molar-refractivity contribution in [2.45, 2.75) is 52.4 Å². The van der Waals surface area contributed by atoms with Crippen LogP contribution in [0.1, 0.15) is 50.7 Å². The molecule has 21 heavy (non-hydrogen) atoms. The zero-order valence-electron chi connectivity index (χ0n) is 13.2. The molecule has 0 aliphatic heterocycles. The van der Waals surface area contributed by atoms with Gasteiger partial charge in [-0.3, -0.25) is 0 Å². The number of halogens is 2. The van der Waals surface area contributed by atoms with Crippen molar-refractivity contribution >= 4 is 24.8 Å². The number of hydrogen-bond donors (Lipinski definition) is 0. The molecule has 0 N–H and O–H groups in total. The van der Waals surface area contributed by atoms with E-state index in [2.05, 4.69) is 62.4 Å². The average Bonchev–Trinajstić information content (AvgIpc) is 3.07. The van der Waals surface area contributed by atoms with Gasteiger partial charge in [0.15, 0.2) is 0 Å². The quantitative estimate of drug-likeness (QED) is 0.491. The Balaban J connectivity index is -0.000000270. The summed E-state index contributed by atoms with van der Waals surface area (Å²) in [6.07, 6.45) is 7.75. The molecule has 0 saturated heterocycles. The van der Waals surface area contributed by atoms with Crippen molar-refractivity contribution in [2.75, 3.05) is 0 Å². The maximum Gasteiger partial charge on any atom is 0 e. The van der Waals surface area contributed by atoms with Gasteiger partial charge in [0.25, 0.3) is 0 Å². The second kappa shape index (κ2) is 18.2. The Morgan fingerprint density at radius 1 is 0.810 bits per heavy atom. The van der Waals surface area contributed by atoms with Gasteiger partial charge in [-0.1, -0.05) is 46.0 Å². The first kappa shape index (κ1) is 26.1. The first-order valence-corrected chi connectivity index (χ1v) is 7.28. The molecule has 124 valence electrons. The minimum atomic E-state index is 0. The summed E-state index contributed by atoms with van der Waals surface area (Å²) in [5.74, 6) is 0. The summed E-state index contributed by atoms with van der Waals surface area (Å²) < 4.78 is 0.